The Kier molecular flexibility index (Phi) is 5.96. The minimum absolute atomic E-state index is 0.103. The van der Waals surface area contributed by atoms with E-state index in [1.165, 1.54) is 6.07 Å². The highest BCUT2D eigenvalue weighted by atomic mass is 19.1. The van der Waals surface area contributed by atoms with E-state index in [0.717, 1.165) is 36.4 Å². The average molecular weight is 372 g/mol. The Hall–Kier alpha value is -2.60. The van der Waals surface area contributed by atoms with E-state index >= 15 is 0 Å². The van der Waals surface area contributed by atoms with Gasteiger partial charge in [0.1, 0.15) is 17.3 Å². The number of halogens is 1. The third kappa shape index (κ3) is 4.39. The van der Waals surface area contributed by atoms with Crippen LogP contribution in [0.1, 0.15) is 30.0 Å². The second-order valence-corrected chi connectivity index (χ2v) is 6.75. The first-order chi connectivity index (χ1) is 13.0. The highest BCUT2D eigenvalue weighted by molar-refractivity contribution is 5.92. The van der Waals surface area contributed by atoms with E-state index in [9.17, 15) is 9.18 Å². The molecule has 1 aliphatic heterocycles. The lowest BCUT2D eigenvalue weighted by atomic mass is 10.0. The van der Waals surface area contributed by atoms with Crippen molar-refractivity contribution in [1.82, 2.24) is 4.90 Å². The van der Waals surface area contributed by atoms with Crippen molar-refractivity contribution in [2.75, 3.05) is 32.6 Å². The minimum Gasteiger partial charge on any atom is -0.497 e. The zero-order chi connectivity index (χ0) is 19.4. The molecule has 0 radical (unpaired) electrons. The summed E-state index contributed by atoms with van der Waals surface area (Å²) in [5, 5.41) is 2.78. The molecule has 2 aromatic carbocycles. The maximum absolute atomic E-state index is 13.7. The Balaban J connectivity index is 1.71. The van der Waals surface area contributed by atoms with E-state index in [2.05, 4.69) is 10.2 Å². The second-order valence-electron chi connectivity index (χ2n) is 6.75. The number of rotatable bonds is 6. The molecule has 0 saturated carbocycles. The van der Waals surface area contributed by atoms with Gasteiger partial charge in [0.15, 0.2) is 0 Å². The van der Waals surface area contributed by atoms with E-state index in [0.29, 0.717) is 11.3 Å². The fourth-order valence-electron chi connectivity index (χ4n) is 3.52. The third-order valence-corrected chi connectivity index (χ3v) is 4.97. The van der Waals surface area contributed by atoms with E-state index < -0.39 is 0 Å². The number of hydrogen-bond donors (Lipinski definition) is 1. The molecule has 1 amide bonds. The first-order valence-electron chi connectivity index (χ1n) is 9.04. The first-order valence-corrected chi connectivity index (χ1v) is 9.04. The van der Waals surface area contributed by atoms with E-state index in [4.69, 9.17) is 9.47 Å². The molecule has 0 bridgehead atoms. The molecule has 1 aliphatic rings. The molecule has 0 spiro atoms. The van der Waals surface area contributed by atoms with Crippen LogP contribution in [0.2, 0.25) is 0 Å². The average Bonchev–Trinajstić information content (AvgIpc) is 3.11. The van der Waals surface area contributed by atoms with Gasteiger partial charge in [-0.2, -0.15) is 0 Å². The predicted octanol–water partition coefficient (Wildman–Crippen LogP) is 3.93. The maximum Gasteiger partial charge on any atom is 0.238 e. The van der Waals surface area contributed by atoms with Crippen molar-refractivity contribution < 1.29 is 18.7 Å². The number of anilines is 1. The molecule has 0 aromatic heterocycles. The summed E-state index contributed by atoms with van der Waals surface area (Å²) in [7, 11) is 3.25. The van der Waals surface area contributed by atoms with Crippen LogP contribution < -0.4 is 14.8 Å². The molecule has 1 fully saturated rings. The number of hydrogen-bond acceptors (Lipinski definition) is 4. The lowest BCUT2D eigenvalue weighted by Crippen LogP contribution is -2.33. The van der Waals surface area contributed by atoms with Crippen molar-refractivity contribution in [3.8, 4) is 11.5 Å². The summed E-state index contributed by atoms with van der Waals surface area (Å²) in [5.74, 6) is 1.01. The van der Waals surface area contributed by atoms with Crippen LogP contribution in [0.25, 0.3) is 0 Å². The molecule has 2 aromatic rings. The summed E-state index contributed by atoms with van der Waals surface area (Å²) < 4.78 is 24.5. The van der Waals surface area contributed by atoms with Crippen LogP contribution in [0.3, 0.4) is 0 Å². The molecule has 144 valence electrons. The molecule has 1 N–H and O–H groups in total. The van der Waals surface area contributed by atoms with Crippen molar-refractivity contribution in [2.24, 2.45) is 0 Å². The number of aryl methyl sites for hydroxylation is 1. The van der Waals surface area contributed by atoms with Gasteiger partial charge in [0, 0.05) is 23.4 Å². The number of carbonyl (C=O) groups excluding carboxylic acids is 1. The van der Waals surface area contributed by atoms with E-state index in [1.54, 1.807) is 33.3 Å². The number of likely N-dealkylation sites (tertiary alicyclic amines) is 1. The van der Waals surface area contributed by atoms with Crippen LogP contribution in [-0.4, -0.2) is 38.1 Å². The van der Waals surface area contributed by atoms with Gasteiger partial charge in [-0.05, 0) is 50.1 Å². The smallest absolute Gasteiger partial charge is 0.238 e. The fourth-order valence-corrected chi connectivity index (χ4v) is 3.52. The molecule has 27 heavy (non-hydrogen) atoms. The number of nitrogens with zero attached hydrogens (tertiary/aromatic N) is 1. The van der Waals surface area contributed by atoms with Crippen LogP contribution in [-0.2, 0) is 4.79 Å². The zero-order valence-corrected chi connectivity index (χ0v) is 15.9. The summed E-state index contributed by atoms with van der Waals surface area (Å²) in [5.41, 5.74) is 2.07. The van der Waals surface area contributed by atoms with Crippen molar-refractivity contribution in [3.05, 3.63) is 53.3 Å². The number of benzene rings is 2. The van der Waals surface area contributed by atoms with E-state index in [1.807, 2.05) is 18.2 Å². The molecule has 1 heterocycles. The summed E-state index contributed by atoms with van der Waals surface area (Å²) in [6, 6.07) is 10.6. The SMILES string of the molecule is COc1ccc([C@@H]2CCCN2CC(=O)Nc2ccc(C)c(F)c2)c(OC)c1. The summed E-state index contributed by atoms with van der Waals surface area (Å²) in [6.45, 7) is 2.77. The van der Waals surface area contributed by atoms with Gasteiger partial charge in [-0.1, -0.05) is 12.1 Å². The Bertz CT molecular complexity index is 825. The standard InChI is InChI=1S/C21H25FN2O3/c1-14-6-7-15(11-18(14)22)23-21(25)13-24-10-4-5-19(24)17-9-8-16(26-2)12-20(17)27-3/h6-9,11-12,19H,4-5,10,13H2,1-3H3,(H,23,25)/t19-/m0/s1. The summed E-state index contributed by atoms with van der Waals surface area (Å²) in [6.07, 6.45) is 1.96. The molecular weight excluding hydrogens is 347 g/mol. The number of ether oxygens (including phenoxy) is 2. The number of methoxy groups -OCH3 is 2. The van der Waals surface area contributed by atoms with Crippen LogP contribution in [0.5, 0.6) is 11.5 Å². The lowest BCUT2D eigenvalue weighted by molar-refractivity contribution is -0.117. The van der Waals surface area contributed by atoms with Crippen LogP contribution in [0.4, 0.5) is 10.1 Å². The molecule has 0 aliphatic carbocycles. The van der Waals surface area contributed by atoms with Crippen molar-refractivity contribution in [1.29, 1.82) is 0 Å². The van der Waals surface area contributed by atoms with Crippen molar-refractivity contribution in [3.63, 3.8) is 0 Å². The van der Waals surface area contributed by atoms with Gasteiger partial charge in [0.25, 0.3) is 0 Å². The highest BCUT2D eigenvalue weighted by Crippen LogP contribution is 2.38. The third-order valence-electron chi connectivity index (χ3n) is 4.97. The summed E-state index contributed by atoms with van der Waals surface area (Å²) in [4.78, 5) is 14.6. The Morgan fingerprint density at radius 1 is 1.22 bits per heavy atom. The van der Waals surface area contributed by atoms with Crippen LogP contribution in [0, 0.1) is 12.7 Å². The highest BCUT2D eigenvalue weighted by Gasteiger charge is 2.29. The molecular formula is C21H25FN2O3. The molecule has 6 heteroatoms. The minimum atomic E-state index is -0.324. The Labute approximate surface area is 159 Å². The topological polar surface area (TPSA) is 50.8 Å². The van der Waals surface area contributed by atoms with Crippen LogP contribution in [0.15, 0.2) is 36.4 Å². The van der Waals surface area contributed by atoms with Crippen molar-refractivity contribution >= 4 is 11.6 Å². The largest absolute Gasteiger partial charge is 0.497 e. The van der Waals surface area contributed by atoms with Gasteiger partial charge in [-0.3, -0.25) is 9.69 Å². The van der Waals surface area contributed by atoms with Crippen LogP contribution >= 0.6 is 0 Å². The van der Waals surface area contributed by atoms with E-state index in [-0.39, 0.29) is 24.3 Å². The lowest BCUT2D eigenvalue weighted by Gasteiger charge is -2.26. The van der Waals surface area contributed by atoms with Gasteiger partial charge in [0.2, 0.25) is 5.91 Å². The molecule has 1 saturated heterocycles. The van der Waals surface area contributed by atoms with Gasteiger partial charge < -0.3 is 14.8 Å². The molecule has 1 atom stereocenters. The molecule has 3 rings (SSSR count). The number of carbonyl (C=O) groups is 1. The maximum atomic E-state index is 13.7. The Morgan fingerprint density at radius 2 is 2.04 bits per heavy atom. The second kappa shape index (κ2) is 8.39. The van der Waals surface area contributed by atoms with Gasteiger partial charge >= 0.3 is 0 Å². The number of amides is 1. The van der Waals surface area contributed by atoms with Crippen molar-refractivity contribution in [2.45, 2.75) is 25.8 Å². The predicted molar refractivity (Wildman–Crippen MR) is 103 cm³/mol. The Morgan fingerprint density at radius 3 is 2.74 bits per heavy atom. The van der Waals surface area contributed by atoms with Gasteiger partial charge in [-0.15, -0.1) is 0 Å². The monoisotopic (exact) mass is 372 g/mol. The van der Waals surface area contributed by atoms with Gasteiger partial charge in [0.05, 0.1) is 20.8 Å². The fraction of sp³-hybridized carbons (Fsp3) is 0.381. The molecule has 0 unspecified atom stereocenters. The normalized spacial score (nSPS) is 17.0. The quantitative estimate of drug-likeness (QED) is 0.835. The molecule has 5 nitrogen and oxygen atoms in total. The summed E-state index contributed by atoms with van der Waals surface area (Å²) >= 11 is 0. The first kappa shape index (κ1) is 19.2. The number of nitrogens with one attached hydrogen (secondary N) is 1. The van der Waals surface area contributed by atoms with Gasteiger partial charge in [-0.25, -0.2) is 4.39 Å². The zero-order valence-electron chi connectivity index (χ0n) is 15.9.